The van der Waals surface area contributed by atoms with Gasteiger partial charge in [-0.05, 0) is 56.9 Å². The SMILES string of the molecule is CCNC(c1sccc1C)C(C)(CC)N(CC)CC. The highest BCUT2D eigenvalue weighted by atomic mass is 32.1. The first kappa shape index (κ1) is 16.7. The molecule has 0 fully saturated rings. The van der Waals surface area contributed by atoms with Crippen LogP contribution in [0.25, 0.3) is 0 Å². The second kappa shape index (κ2) is 7.41. The largest absolute Gasteiger partial charge is 0.308 e. The van der Waals surface area contributed by atoms with Gasteiger partial charge < -0.3 is 5.32 Å². The summed E-state index contributed by atoms with van der Waals surface area (Å²) >= 11 is 1.89. The Morgan fingerprint density at radius 1 is 1.26 bits per heavy atom. The molecule has 0 saturated heterocycles. The standard InChI is InChI=1S/C16H30N2S/c1-7-16(6,18(9-3)10-4)15(17-8-2)14-13(5)11-12-19-14/h11-12,15,17H,7-10H2,1-6H3. The van der Waals surface area contributed by atoms with E-state index in [1.807, 2.05) is 11.3 Å². The summed E-state index contributed by atoms with van der Waals surface area (Å²) < 4.78 is 0. The Morgan fingerprint density at radius 3 is 2.26 bits per heavy atom. The molecule has 1 heterocycles. The van der Waals surface area contributed by atoms with Crippen molar-refractivity contribution in [2.45, 2.75) is 59.5 Å². The van der Waals surface area contributed by atoms with E-state index in [-0.39, 0.29) is 5.54 Å². The van der Waals surface area contributed by atoms with E-state index in [1.54, 1.807) is 0 Å². The summed E-state index contributed by atoms with van der Waals surface area (Å²) in [5, 5.41) is 5.95. The second-order valence-corrected chi connectivity index (χ2v) is 6.29. The molecule has 0 bridgehead atoms. The summed E-state index contributed by atoms with van der Waals surface area (Å²) in [4.78, 5) is 4.09. The molecule has 1 N–H and O–H groups in total. The maximum atomic E-state index is 3.74. The van der Waals surface area contributed by atoms with E-state index in [4.69, 9.17) is 0 Å². The smallest absolute Gasteiger partial charge is 0.0601 e. The predicted octanol–water partition coefficient (Wildman–Crippen LogP) is 4.22. The predicted molar refractivity (Wildman–Crippen MR) is 87.1 cm³/mol. The summed E-state index contributed by atoms with van der Waals surface area (Å²) in [6.07, 6.45) is 1.16. The molecule has 0 aliphatic rings. The van der Waals surface area contributed by atoms with Gasteiger partial charge in [-0.3, -0.25) is 4.90 Å². The van der Waals surface area contributed by atoms with E-state index < -0.39 is 0 Å². The van der Waals surface area contributed by atoms with Crippen LogP contribution in [0.3, 0.4) is 0 Å². The van der Waals surface area contributed by atoms with E-state index in [0.717, 1.165) is 26.1 Å². The topological polar surface area (TPSA) is 15.3 Å². The van der Waals surface area contributed by atoms with Gasteiger partial charge in [0.15, 0.2) is 0 Å². The molecule has 0 spiro atoms. The monoisotopic (exact) mass is 282 g/mol. The Hall–Kier alpha value is -0.380. The lowest BCUT2D eigenvalue weighted by atomic mass is 9.85. The number of aryl methyl sites for hydroxylation is 1. The fourth-order valence-corrected chi connectivity index (χ4v) is 4.18. The number of nitrogens with one attached hydrogen (secondary N) is 1. The third-order valence-corrected chi connectivity index (χ3v) is 5.48. The average Bonchev–Trinajstić information content (AvgIpc) is 2.83. The van der Waals surface area contributed by atoms with Crippen LogP contribution >= 0.6 is 11.3 Å². The highest BCUT2D eigenvalue weighted by Gasteiger charge is 2.38. The molecule has 3 heteroatoms. The van der Waals surface area contributed by atoms with E-state index in [1.165, 1.54) is 10.4 Å². The minimum atomic E-state index is 0.176. The molecule has 0 amide bonds. The van der Waals surface area contributed by atoms with Crippen molar-refractivity contribution in [2.75, 3.05) is 19.6 Å². The van der Waals surface area contributed by atoms with Crippen LogP contribution in [0.5, 0.6) is 0 Å². The van der Waals surface area contributed by atoms with E-state index in [2.05, 4.69) is 63.2 Å². The maximum absolute atomic E-state index is 3.74. The van der Waals surface area contributed by atoms with Crippen LogP contribution in [0, 0.1) is 6.92 Å². The molecule has 1 rings (SSSR count). The van der Waals surface area contributed by atoms with Gasteiger partial charge in [-0.1, -0.05) is 27.7 Å². The first-order valence-corrected chi connectivity index (χ1v) is 8.45. The number of thiophene rings is 1. The third-order valence-electron chi connectivity index (χ3n) is 4.40. The Kier molecular flexibility index (Phi) is 6.51. The molecule has 0 aromatic carbocycles. The summed E-state index contributed by atoms with van der Waals surface area (Å²) in [5.41, 5.74) is 1.59. The lowest BCUT2D eigenvalue weighted by molar-refractivity contribution is 0.0715. The number of hydrogen-bond donors (Lipinski definition) is 1. The molecular formula is C16H30N2S. The molecule has 0 radical (unpaired) electrons. The molecule has 2 nitrogen and oxygen atoms in total. The van der Waals surface area contributed by atoms with Crippen molar-refractivity contribution in [3.63, 3.8) is 0 Å². The van der Waals surface area contributed by atoms with Gasteiger partial charge in [-0.2, -0.15) is 0 Å². The highest BCUT2D eigenvalue weighted by Crippen LogP contribution is 2.37. The lowest BCUT2D eigenvalue weighted by Crippen LogP contribution is -2.54. The van der Waals surface area contributed by atoms with Crippen LogP contribution in [-0.4, -0.2) is 30.1 Å². The number of hydrogen-bond acceptors (Lipinski definition) is 3. The molecule has 1 aromatic rings. The molecule has 0 aliphatic carbocycles. The average molecular weight is 282 g/mol. The quantitative estimate of drug-likeness (QED) is 0.768. The summed E-state index contributed by atoms with van der Waals surface area (Å²) in [5.74, 6) is 0. The fraction of sp³-hybridized carbons (Fsp3) is 0.750. The van der Waals surface area contributed by atoms with Gasteiger partial charge in [-0.15, -0.1) is 11.3 Å². The Bertz CT molecular complexity index is 371. The van der Waals surface area contributed by atoms with Crippen LogP contribution in [0.4, 0.5) is 0 Å². The zero-order valence-electron chi connectivity index (χ0n) is 13.4. The van der Waals surface area contributed by atoms with Crippen molar-refractivity contribution in [3.05, 3.63) is 21.9 Å². The van der Waals surface area contributed by atoms with Crippen molar-refractivity contribution in [1.29, 1.82) is 0 Å². The van der Waals surface area contributed by atoms with Crippen LogP contribution in [0.2, 0.25) is 0 Å². The van der Waals surface area contributed by atoms with Crippen LogP contribution in [0.15, 0.2) is 11.4 Å². The Labute approximate surface area is 123 Å². The Balaban J connectivity index is 3.17. The molecule has 110 valence electrons. The molecule has 2 atom stereocenters. The highest BCUT2D eigenvalue weighted by molar-refractivity contribution is 7.10. The summed E-state index contributed by atoms with van der Waals surface area (Å²) in [7, 11) is 0. The van der Waals surface area contributed by atoms with Crippen molar-refractivity contribution < 1.29 is 0 Å². The minimum absolute atomic E-state index is 0.176. The lowest BCUT2D eigenvalue weighted by Gasteiger charge is -2.46. The van der Waals surface area contributed by atoms with Gasteiger partial charge >= 0.3 is 0 Å². The van der Waals surface area contributed by atoms with E-state index in [9.17, 15) is 0 Å². The van der Waals surface area contributed by atoms with Gasteiger partial charge in [-0.25, -0.2) is 0 Å². The van der Waals surface area contributed by atoms with Crippen LogP contribution in [-0.2, 0) is 0 Å². The molecular weight excluding hydrogens is 252 g/mol. The number of nitrogens with zero attached hydrogens (tertiary/aromatic N) is 1. The molecule has 19 heavy (non-hydrogen) atoms. The van der Waals surface area contributed by atoms with Gasteiger partial charge in [0.05, 0.1) is 6.04 Å². The first-order valence-electron chi connectivity index (χ1n) is 7.57. The van der Waals surface area contributed by atoms with Crippen LogP contribution in [0.1, 0.15) is 57.5 Å². The third kappa shape index (κ3) is 3.39. The van der Waals surface area contributed by atoms with E-state index in [0.29, 0.717) is 6.04 Å². The van der Waals surface area contributed by atoms with Crippen molar-refractivity contribution in [2.24, 2.45) is 0 Å². The van der Waals surface area contributed by atoms with Crippen molar-refractivity contribution >= 4 is 11.3 Å². The maximum Gasteiger partial charge on any atom is 0.0601 e. The van der Waals surface area contributed by atoms with Crippen molar-refractivity contribution in [3.8, 4) is 0 Å². The van der Waals surface area contributed by atoms with E-state index >= 15 is 0 Å². The minimum Gasteiger partial charge on any atom is -0.308 e. The zero-order valence-corrected chi connectivity index (χ0v) is 14.2. The molecule has 0 aliphatic heterocycles. The fourth-order valence-electron chi connectivity index (χ4n) is 3.04. The van der Waals surface area contributed by atoms with Crippen molar-refractivity contribution in [1.82, 2.24) is 10.2 Å². The summed E-state index contributed by atoms with van der Waals surface area (Å²) in [6, 6.07) is 2.66. The number of rotatable bonds is 8. The van der Waals surface area contributed by atoms with Crippen LogP contribution < -0.4 is 5.32 Å². The molecule has 2 unspecified atom stereocenters. The van der Waals surface area contributed by atoms with Gasteiger partial charge in [0.1, 0.15) is 0 Å². The molecule has 1 aromatic heterocycles. The zero-order chi connectivity index (χ0) is 14.5. The number of likely N-dealkylation sites (N-methyl/N-ethyl adjacent to an activating group) is 2. The normalized spacial score (nSPS) is 16.6. The summed E-state index contributed by atoms with van der Waals surface area (Å²) in [6.45, 7) is 16.9. The van der Waals surface area contributed by atoms with Gasteiger partial charge in [0.2, 0.25) is 0 Å². The van der Waals surface area contributed by atoms with Gasteiger partial charge in [0, 0.05) is 10.4 Å². The first-order chi connectivity index (χ1) is 9.04. The second-order valence-electron chi connectivity index (χ2n) is 5.34. The Morgan fingerprint density at radius 2 is 1.89 bits per heavy atom. The molecule has 0 saturated carbocycles. The van der Waals surface area contributed by atoms with Gasteiger partial charge in [0.25, 0.3) is 0 Å².